The van der Waals surface area contributed by atoms with Gasteiger partial charge in [0.1, 0.15) is 6.04 Å². The molecule has 4 aliphatic rings. The van der Waals surface area contributed by atoms with Crippen molar-refractivity contribution in [3.05, 3.63) is 35.4 Å². The van der Waals surface area contributed by atoms with Crippen LogP contribution in [0.2, 0.25) is 0 Å². The smallest absolute Gasteiger partial charge is 0.248 e. The molecule has 32 heavy (non-hydrogen) atoms. The van der Waals surface area contributed by atoms with Crippen molar-refractivity contribution in [2.45, 2.75) is 62.4 Å². The molecular formula is C23H28N6O3. The maximum atomic E-state index is 13.2. The number of nitriles is 1. The molecule has 0 aromatic heterocycles. The Morgan fingerprint density at radius 2 is 2.06 bits per heavy atom. The topological polar surface area (TPSA) is 137 Å². The Morgan fingerprint density at radius 3 is 2.75 bits per heavy atom. The Balaban J connectivity index is 1.24. The second kappa shape index (κ2) is 7.57. The summed E-state index contributed by atoms with van der Waals surface area (Å²) in [5, 5.41) is 9.36. The van der Waals surface area contributed by atoms with E-state index in [0.717, 1.165) is 18.4 Å². The first-order valence-corrected chi connectivity index (χ1v) is 11.2. The minimum absolute atomic E-state index is 0.0243. The molecular weight excluding hydrogens is 408 g/mol. The Bertz CT molecular complexity index is 1020. The number of likely N-dealkylation sites (tertiary alicyclic amines) is 3. The van der Waals surface area contributed by atoms with Crippen LogP contribution >= 0.6 is 0 Å². The number of carbonyl (C=O) groups excluding carboxylic acids is 3. The first-order valence-electron chi connectivity index (χ1n) is 11.2. The van der Waals surface area contributed by atoms with Crippen molar-refractivity contribution in [2.24, 2.45) is 17.4 Å². The molecule has 9 heteroatoms. The first-order chi connectivity index (χ1) is 15.3. The second-order valence-electron chi connectivity index (χ2n) is 9.57. The van der Waals surface area contributed by atoms with E-state index in [4.69, 9.17) is 11.5 Å². The minimum Gasteiger partial charge on any atom is -0.366 e. The number of nitrogens with zero attached hydrogens (tertiary/aromatic N) is 4. The summed E-state index contributed by atoms with van der Waals surface area (Å²) in [7, 11) is 0. The van der Waals surface area contributed by atoms with E-state index in [0.29, 0.717) is 31.0 Å². The molecule has 1 unspecified atom stereocenters. The van der Waals surface area contributed by atoms with E-state index >= 15 is 0 Å². The first kappa shape index (κ1) is 20.9. The second-order valence-corrected chi connectivity index (χ2v) is 9.57. The van der Waals surface area contributed by atoms with E-state index in [1.165, 1.54) is 0 Å². The van der Waals surface area contributed by atoms with Gasteiger partial charge in [0, 0.05) is 30.7 Å². The maximum absolute atomic E-state index is 13.2. The molecule has 3 aliphatic heterocycles. The molecule has 4 N–H and O–H groups in total. The van der Waals surface area contributed by atoms with Crippen molar-refractivity contribution < 1.29 is 14.4 Å². The van der Waals surface area contributed by atoms with Gasteiger partial charge in [-0.3, -0.25) is 19.3 Å². The number of amides is 3. The summed E-state index contributed by atoms with van der Waals surface area (Å²) < 4.78 is 0. The average Bonchev–Trinajstić information content (AvgIpc) is 3.11. The summed E-state index contributed by atoms with van der Waals surface area (Å²) in [6.07, 6.45) is 2.42. The molecule has 5 rings (SSSR count). The fourth-order valence-electron chi connectivity index (χ4n) is 5.92. The van der Waals surface area contributed by atoms with Crippen molar-refractivity contribution in [1.29, 1.82) is 5.26 Å². The molecule has 168 valence electrons. The molecule has 3 saturated heterocycles. The van der Waals surface area contributed by atoms with Crippen molar-refractivity contribution in [1.82, 2.24) is 14.7 Å². The number of piperazine rings is 1. The molecule has 2 bridgehead atoms. The Labute approximate surface area is 186 Å². The van der Waals surface area contributed by atoms with Gasteiger partial charge in [-0.05, 0) is 49.8 Å². The zero-order chi connectivity index (χ0) is 22.7. The van der Waals surface area contributed by atoms with Crippen LogP contribution < -0.4 is 11.5 Å². The number of hydrogen-bond donors (Lipinski definition) is 2. The van der Waals surface area contributed by atoms with Crippen LogP contribution in [-0.2, 0) is 9.59 Å². The predicted octanol–water partition coefficient (Wildman–Crippen LogP) is -0.0281. The van der Waals surface area contributed by atoms with Crippen molar-refractivity contribution in [2.75, 3.05) is 13.1 Å². The lowest BCUT2D eigenvalue weighted by atomic mass is 10.0. The van der Waals surface area contributed by atoms with Crippen LogP contribution in [0.1, 0.15) is 48.1 Å². The number of carbonyl (C=O) groups is 3. The third-order valence-corrected chi connectivity index (χ3v) is 7.64. The SMILES string of the molecule is C[C@H](c1cccc(C(N)=O)c1)N1C(=O)[C@@H]2CC1CN2C[C@H](N)C(=O)N1[C@H](C#N)C[C@@H]2C[C@@H]21. The fraction of sp³-hybridized carbons (Fsp3) is 0.565. The van der Waals surface area contributed by atoms with Crippen LogP contribution in [0.15, 0.2) is 24.3 Å². The lowest BCUT2D eigenvalue weighted by Crippen LogP contribution is -2.57. The zero-order valence-corrected chi connectivity index (χ0v) is 18.1. The van der Waals surface area contributed by atoms with Gasteiger partial charge in [0.2, 0.25) is 17.7 Å². The molecule has 3 amide bonds. The number of primary amides is 1. The number of hydrogen-bond acceptors (Lipinski definition) is 6. The summed E-state index contributed by atoms with van der Waals surface area (Å²) in [5.74, 6) is -0.197. The van der Waals surface area contributed by atoms with Crippen LogP contribution in [0, 0.1) is 17.2 Å². The Hall–Kier alpha value is -2.96. The van der Waals surface area contributed by atoms with Gasteiger partial charge >= 0.3 is 0 Å². The van der Waals surface area contributed by atoms with Gasteiger partial charge in [0.05, 0.1) is 24.2 Å². The van der Waals surface area contributed by atoms with E-state index < -0.39 is 11.9 Å². The summed E-state index contributed by atoms with van der Waals surface area (Å²) in [6, 6.07) is 7.93. The van der Waals surface area contributed by atoms with Crippen LogP contribution in [0.25, 0.3) is 0 Å². The molecule has 1 aromatic rings. The van der Waals surface area contributed by atoms with Gasteiger partial charge in [-0.1, -0.05) is 12.1 Å². The molecule has 7 atom stereocenters. The largest absolute Gasteiger partial charge is 0.366 e. The molecule has 0 radical (unpaired) electrons. The standard InChI is InChI=1S/C23H28N6O3/c1-12(13-3-2-4-14(5-13)21(26)30)28-17-8-20(23(28)32)27(10-17)11-18(25)22(31)29-16(9-24)6-15-7-19(15)29/h2-5,12,15-20H,6-8,10-11,25H2,1H3,(H2,26,30)/t12-,15-,16+,17?,18+,19+,20+/m1/s1. The molecule has 1 aliphatic carbocycles. The molecule has 1 saturated carbocycles. The predicted molar refractivity (Wildman–Crippen MR) is 115 cm³/mol. The Morgan fingerprint density at radius 1 is 1.28 bits per heavy atom. The summed E-state index contributed by atoms with van der Waals surface area (Å²) in [6.45, 7) is 2.93. The van der Waals surface area contributed by atoms with Crippen LogP contribution in [0.3, 0.4) is 0 Å². The zero-order valence-electron chi connectivity index (χ0n) is 18.1. The van der Waals surface area contributed by atoms with Gasteiger partial charge < -0.3 is 21.3 Å². The highest BCUT2D eigenvalue weighted by atomic mass is 16.2. The summed E-state index contributed by atoms with van der Waals surface area (Å²) in [4.78, 5) is 43.3. The summed E-state index contributed by atoms with van der Waals surface area (Å²) in [5.41, 5.74) is 13.0. The van der Waals surface area contributed by atoms with Gasteiger partial charge in [0.15, 0.2) is 0 Å². The molecule has 1 aromatic carbocycles. The van der Waals surface area contributed by atoms with Crippen LogP contribution in [0.5, 0.6) is 0 Å². The van der Waals surface area contributed by atoms with E-state index in [9.17, 15) is 19.6 Å². The number of benzene rings is 1. The molecule has 0 spiro atoms. The fourth-order valence-corrected chi connectivity index (χ4v) is 5.92. The quantitative estimate of drug-likeness (QED) is 0.643. The molecule has 9 nitrogen and oxygen atoms in total. The molecule has 3 heterocycles. The van der Waals surface area contributed by atoms with E-state index in [1.807, 2.05) is 22.8 Å². The monoisotopic (exact) mass is 436 g/mol. The van der Waals surface area contributed by atoms with Gasteiger partial charge in [-0.2, -0.15) is 5.26 Å². The number of rotatable bonds is 6. The van der Waals surface area contributed by atoms with Crippen molar-refractivity contribution >= 4 is 17.7 Å². The number of nitrogens with two attached hydrogens (primary N) is 2. The van der Waals surface area contributed by atoms with Gasteiger partial charge in [-0.15, -0.1) is 0 Å². The number of piperidine rings is 1. The Kier molecular flexibility index (Phi) is 4.95. The van der Waals surface area contributed by atoms with Crippen LogP contribution in [-0.4, -0.2) is 75.7 Å². The lowest BCUT2D eigenvalue weighted by Gasteiger charge is -2.38. The van der Waals surface area contributed by atoms with Crippen molar-refractivity contribution in [3.8, 4) is 6.07 Å². The van der Waals surface area contributed by atoms with Gasteiger partial charge in [-0.25, -0.2) is 0 Å². The van der Waals surface area contributed by atoms with E-state index in [-0.39, 0.29) is 42.0 Å². The van der Waals surface area contributed by atoms with E-state index in [1.54, 1.807) is 23.1 Å². The number of fused-ring (bicyclic) bond motifs is 3. The van der Waals surface area contributed by atoms with Crippen LogP contribution in [0.4, 0.5) is 0 Å². The minimum atomic E-state index is -0.740. The highest BCUT2D eigenvalue weighted by Gasteiger charge is 2.56. The van der Waals surface area contributed by atoms with Crippen molar-refractivity contribution in [3.63, 3.8) is 0 Å². The summed E-state index contributed by atoms with van der Waals surface area (Å²) >= 11 is 0. The third-order valence-electron chi connectivity index (χ3n) is 7.64. The van der Waals surface area contributed by atoms with E-state index in [2.05, 4.69) is 6.07 Å². The average molecular weight is 437 g/mol. The third kappa shape index (κ3) is 3.26. The maximum Gasteiger partial charge on any atom is 0.248 e. The lowest BCUT2D eigenvalue weighted by molar-refractivity contribution is -0.141. The highest BCUT2D eigenvalue weighted by molar-refractivity contribution is 5.93. The molecule has 4 fully saturated rings. The van der Waals surface area contributed by atoms with Gasteiger partial charge in [0.25, 0.3) is 0 Å². The normalized spacial score (nSPS) is 32.5. The highest BCUT2D eigenvalue weighted by Crippen LogP contribution is 2.48.